The maximum absolute atomic E-state index is 12.8. The number of carbonyl (C=O) groups is 2. The van der Waals surface area contributed by atoms with E-state index in [1.165, 1.54) is 0 Å². The van der Waals surface area contributed by atoms with Gasteiger partial charge in [0, 0.05) is 56.9 Å². The van der Waals surface area contributed by atoms with Crippen LogP contribution in [0.1, 0.15) is 6.42 Å². The van der Waals surface area contributed by atoms with Gasteiger partial charge >= 0.3 is 6.03 Å². The molecule has 2 saturated heterocycles. The van der Waals surface area contributed by atoms with Gasteiger partial charge in [-0.1, -0.05) is 17.7 Å². The minimum atomic E-state index is -0.182. The largest absolute Gasteiger partial charge is 0.471 e. The second-order valence-electron chi connectivity index (χ2n) is 7.83. The molecule has 3 heterocycles. The Morgan fingerprint density at radius 3 is 2.74 bits per heavy atom. The zero-order chi connectivity index (χ0) is 22.0. The number of halogens is 1. The average Bonchev–Trinajstić information content (AvgIpc) is 3.35. The summed E-state index contributed by atoms with van der Waals surface area (Å²) in [6, 6.07) is 10.6. The van der Waals surface area contributed by atoms with E-state index in [-0.39, 0.29) is 24.6 Å². The van der Waals surface area contributed by atoms with Gasteiger partial charge in [0.05, 0.1) is 6.54 Å². The molecule has 2 fully saturated rings. The molecular weight excluding hydrogens is 420 g/mol. The fourth-order valence-corrected chi connectivity index (χ4v) is 3.90. The van der Waals surface area contributed by atoms with E-state index >= 15 is 0 Å². The lowest BCUT2D eigenvalue weighted by atomic mass is 10.3. The Morgan fingerprint density at radius 2 is 2.03 bits per heavy atom. The topological polar surface area (TPSA) is 82.1 Å². The maximum Gasteiger partial charge on any atom is 0.325 e. The summed E-state index contributed by atoms with van der Waals surface area (Å²) < 4.78 is 5.88. The van der Waals surface area contributed by atoms with Crippen LogP contribution in [0.5, 0.6) is 5.88 Å². The van der Waals surface area contributed by atoms with Crippen molar-refractivity contribution in [3.05, 3.63) is 41.4 Å². The Labute approximate surface area is 186 Å². The Hall–Kier alpha value is -3.07. The molecule has 9 nitrogen and oxygen atoms in total. The molecule has 10 heteroatoms. The van der Waals surface area contributed by atoms with Crippen LogP contribution in [-0.4, -0.2) is 84.9 Å². The van der Waals surface area contributed by atoms with E-state index in [4.69, 9.17) is 16.3 Å². The van der Waals surface area contributed by atoms with E-state index in [1.807, 2.05) is 37.2 Å². The van der Waals surface area contributed by atoms with Crippen LogP contribution in [0.15, 0.2) is 36.4 Å². The summed E-state index contributed by atoms with van der Waals surface area (Å²) in [7, 11) is 3.79. The van der Waals surface area contributed by atoms with Gasteiger partial charge in [0.15, 0.2) is 5.82 Å². The molecule has 0 saturated carbocycles. The molecule has 1 unspecified atom stereocenters. The SMILES string of the molecule is CN(C)c1ccc(OC2CCN(C(=O)CN3CCN(c4cccc(Cl)c4)C3=O)C2)nn1. The van der Waals surface area contributed by atoms with Gasteiger partial charge in [0.25, 0.3) is 0 Å². The molecule has 0 N–H and O–H groups in total. The minimum Gasteiger partial charge on any atom is -0.471 e. The summed E-state index contributed by atoms with van der Waals surface area (Å²) in [5, 5.41) is 8.76. The van der Waals surface area contributed by atoms with E-state index in [0.29, 0.717) is 43.5 Å². The van der Waals surface area contributed by atoms with E-state index in [0.717, 1.165) is 11.5 Å². The quantitative estimate of drug-likeness (QED) is 0.678. The van der Waals surface area contributed by atoms with E-state index in [2.05, 4.69) is 10.2 Å². The number of ether oxygens (including phenoxy) is 1. The van der Waals surface area contributed by atoms with Gasteiger partial charge in [-0.3, -0.25) is 9.69 Å². The normalized spacial score (nSPS) is 18.6. The molecule has 3 amide bonds. The molecule has 2 aliphatic rings. The lowest BCUT2D eigenvalue weighted by molar-refractivity contribution is -0.130. The van der Waals surface area contributed by atoms with Crippen LogP contribution in [0.2, 0.25) is 5.02 Å². The number of rotatable bonds is 6. The van der Waals surface area contributed by atoms with Gasteiger partial charge in [-0.15, -0.1) is 10.2 Å². The Bertz CT molecular complexity index is 954. The molecule has 2 aliphatic heterocycles. The van der Waals surface area contributed by atoms with Gasteiger partial charge in [-0.2, -0.15) is 0 Å². The van der Waals surface area contributed by atoms with Crippen molar-refractivity contribution in [2.75, 3.05) is 56.6 Å². The van der Waals surface area contributed by atoms with Crippen LogP contribution in [0.4, 0.5) is 16.3 Å². The van der Waals surface area contributed by atoms with E-state index in [1.54, 1.807) is 32.9 Å². The number of nitrogens with zero attached hydrogens (tertiary/aromatic N) is 6. The highest BCUT2D eigenvalue weighted by Gasteiger charge is 2.34. The highest BCUT2D eigenvalue weighted by molar-refractivity contribution is 6.30. The number of likely N-dealkylation sites (tertiary alicyclic amines) is 1. The number of aromatic nitrogens is 2. The molecule has 1 aromatic heterocycles. The summed E-state index contributed by atoms with van der Waals surface area (Å²) in [6.45, 7) is 2.14. The smallest absolute Gasteiger partial charge is 0.325 e. The molecular formula is C21H25ClN6O3. The second-order valence-corrected chi connectivity index (χ2v) is 8.26. The Kier molecular flexibility index (Phi) is 6.13. The van der Waals surface area contributed by atoms with Crippen molar-refractivity contribution >= 4 is 35.0 Å². The molecule has 1 aromatic carbocycles. The predicted octanol–water partition coefficient (Wildman–Crippen LogP) is 2.12. The third-order valence-corrected chi connectivity index (χ3v) is 5.65. The number of amides is 3. The van der Waals surface area contributed by atoms with Crippen LogP contribution < -0.4 is 14.5 Å². The van der Waals surface area contributed by atoms with Crippen LogP contribution in [0.25, 0.3) is 0 Å². The van der Waals surface area contributed by atoms with Crippen molar-refractivity contribution in [2.24, 2.45) is 0 Å². The average molecular weight is 445 g/mol. The van der Waals surface area contributed by atoms with E-state index < -0.39 is 0 Å². The van der Waals surface area contributed by atoms with Crippen LogP contribution in [0, 0.1) is 0 Å². The van der Waals surface area contributed by atoms with Crippen LogP contribution >= 0.6 is 11.6 Å². The van der Waals surface area contributed by atoms with Crippen molar-refractivity contribution in [1.29, 1.82) is 0 Å². The first-order chi connectivity index (χ1) is 14.9. The number of hydrogen-bond donors (Lipinski definition) is 0. The molecule has 2 aromatic rings. The first-order valence-corrected chi connectivity index (χ1v) is 10.6. The number of anilines is 2. The van der Waals surface area contributed by atoms with Crippen molar-refractivity contribution in [3.63, 3.8) is 0 Å². The molecule has 0 radical (unpaired) electrons. The molecule has 4 rings (SSSR count). The summed E-state index contributed by atoms with van der Waals surface area (Å²) in [5.41, 5.74) is 0.739. The van der Waals surface area contributed by atoms with Crippen LogP contribution in [0.3, 0.4) is 0 Å². The van der Waals surface area contributed by atoms with Crippen LogP contribution in [-0.2, 0) is 4.79 Å². The van der Waals surface area contributed by atoms with Crippen molar-refractivity contribution in [3.8, 4) is 5.88 Å². The first-order valence-electron chi connectivity index (χ1n) is 10.2. The third-order valence-electron chi connectivity index (χ3n) is 5.41. The van der Waals surface area contributed by atoms with Gasteiger partial charge in [-0.25, -0.2) is 4.79 Å². The third kappa shape index (κ3) is 4.82. The van der Waals surface area contributed by atoms with Gasteiger partial charge in [0.2, 0.25) is 11.8 Å². The lowest BCUT2D eigenvalue weighted by Crippen LogP contribution is -2.42. The number of carbonyl (C=O) groups excluding carboxylic acids is 2. The molecule has 1 atom stereocenters. The van der Waals surface area contributed by atoms with Gasteiger partial charge < -0.3 is 19.4 Å². The Morgan fingerprint density at radius 1 is 1.19 bits per heavy atom. The summed E-state index contributed by atoms with van der Waals surface area (Å²) in [5.74, 6) is 1.11. The summed E-state index contributed by atoms with van der Waals surface area (Å²) in [6.07, 6.45) is 0.575. The minimum absolute atomic E-state index is 0.0555. The second kappa shape index (κ2) is 8.97. The number of urea groups is 1. The zero-order valence-electron chi connectivity index (χ0n) is 17.6. The standard InChI is InChI=1S/C21H25ClN6O3/c1-25(2)18-6-7-19(24-23-18)31-17-8-9-26(13-17)20(29)14-27-10-11-28(21(27)30)16-5-3-4-15(22)12-16/h3-7,12,17H,8-11,13-14H2,1-2H3. The monoisotopic (exact) mass is 444 g/mol. The lowest BCUT2D eigenvalue weighted by Gasteiger charge is -2.22. The molecule has 0 aliphatic carbocycles. The van der Waals surface area contributed by atoms with Gasteiger partial charge in [0.1, 0.15) is 12.6 Å². The fraction of sp³-hybridized carbons (Fsp3) is 0.429. The summed E-state index contributed by atoms with van der Waals surface area (Å²) in [4.78, 5) is 32.3. The molecule has 164 valence electrons. The number of benzene rings is 1. The number of hydrogen-bond acceptors (Lipinski definition) is 6. The molecule has 0 bridgehead atoms. The maximum atomic E-state index is 12.8. The predicted molar refractivity (Wildman–Crippen MR) is 118 cm³/mol. The van der Waals surface area contributed by atoms with E-state index in [9.17, 15) is 9.59 Å². The van der Waals surface area contributed by atoms with Crippen molar-refractivity contribution in [1.82, 2.24) is 20.0 Å². The fourth-order valence-electron chi connectivity index (χ4n) is 3.71. The molecule has 31 heavy (non-hydrogen) atoms. The highest BCUT2D eigenvalue weighted by atomic mass is 35.5. The van der Waals surface area contributed by atoms with Crippen molar-refractivity contribution < 1.29 is 14.3 Å². The Balaban J connectivity index is 1.29. The summed E-state index contributed by atoms with van der Waals surface area (Å²) >= 11 is 6.04. The van der Waals surface area contributed by atoms with Gasteiger partial charge in [-0.05, 0) is 24.3 Å². The van der Waals surface area contributed by atoms with Crippen molar-refractivity contribution in [2.45, 2.75) is 12.5 Å². The molecule has 0 spiro atoms. The first kappa shape index (κ1) is 21.2. The highest BCUT2D eigenvalue weighted by Crippen LogP contribution is 2.24. The zero-order valence-corrected chi connectivity index (χ0v) is 18.3.